The summed E-state index contributed by atoms with van der Waals surface area (Å²) in [6.07, 6.45) is 0.401. The van der Waals surface area contributed by atoms with Gasteiger partial charge in [-0.05, 0) is 67.9 Å². The number of carbonyl (C=O) groups is 1. The molecule has 1 aliphatic rings. The first kappa shape index (κ1) is 22.1. The summed E-state index contributed by atoms with van der Waals surface area (Å²) < 4.78 is 52.5. The molecule has 5 rings (SSSR count). The number of nitrogens with one attached hydrogen (secondary N) is 1. The van der Waals surface area contributed by atoms with Gasteiger partial charge in [0.2, 0.25) is 0 Å². The maximum Gasteiger partial charge on any atom is 0.256 e. The quantitative estimate of drug-likeness (QED) is 0.468. The van der Waals surface area contributed by atoms with Crippen LogP contribution in [0.2, 0.25) is 0 Å². The van der Waals surface area contributed by atoms with E-state index in [1.165, 1.54) is 36.4 Å². The summed E-state index contributed by atoms with van der Waals surface area (Å²) in [5.41, 5.74) is 2.60. The standard InChI is InChI=1S/C24H20F2N4O3S/c1-14-22-20(24(31)27-18-8-6-17(26)7-9-18)12-21(15-2-4-16(25)5-3-15)28-23(22)30(29-14)19-10-11-34(32,33)13-19/h2-9,12,19H,10-11,13H2,1H3,(H,27,31). The number of rotatable bonds is 4. The van der Waals surface area contributed by atoms with Crippen molar-refractivity contribution in [2.75, 3.05) is 16.8 Å². The van der Waals surface area contributed by atoms with Gasteiger partial charge < -0.3 is 5.32 Å². The second-order valence-corrected chi connectivity index (χ2v) is 10.5. The molecule has 1 saturated heterocycles. The monoisotopic (exact) mass is 482 g/mol. The third-order valence-corrected chi connectivity index (χ3v) is 7.63. The molecule has 1 fully saturated rings. The third-order valence-electron chi connectivity index (χ3n) is 5.88. The van der Waals surface area contributed by atoms with E-state index in [-0.39, 0.29) is 17.1 Å². The Labute approximate surface area is 194 Å². The molecule has 1 amide bonds. The van der Waals surface area contributed by atoms with Crippen LogP contribution in [-0.2, 0) is 9.84 Å². The van der Waals surface area contributed by atoms with Crippen LogP contribution in [0, 0.1) is 18.6 Å². The van der Waals surface area contributed by atoms with Gasteiger partial charge in [0.05, 0.1) is 39.9 Å². The number of anilines is 1. The van der Waals surface area contributed by atoms with Gasteiger partial charge in [0.25, 0.3) is 5.91 Å². The van der Waals surface area contributed by atoms with Crippen molar-refractivity contribution in [3.63, 3.8) is 0 Å². The first-order valence-electron chi connectivity index (χ1n) is 10.6. The molecule has 2 aromatic carbocycles. The van der Waals surface area contributed by atoms with Gasteiger partial charge in [0, 0.05) is 11.3 Å². The molecule has 4 aromatic rings. The zero-order valence-electron chi connectivity index (χ0n) is 18.1. The summed E-state index contributed by atoms with van der Waals surface area (Å²) in [5, 5.41) is 7.80. The number of benzene rings is 2. The summed E-state index contributed by atoms with van der Waals surface area (Å²) in [5.74, 6) is -1.28. The molecular weight excluding hydrogens is 462 g/mol. The van der Waals surface area contributed by atoms with Gasteiger partial charge in [-0.15, -0.1) is 0 Å². The van der Waals surface area contributed by atoms with Crippen LogP contribution < -0.4 is 5.32 Å². The number of sulfone groups is 1. The smallest absolute Gasteiger partial charge is 0.256 e. The first-order valence-corrected chi connectivity index (χ1v) is 12.5. The Kier molecular flexibility index (Phi) is 5.40. The van der Waals surface area contributed by atoms with Crippen molar-refractivity contribution in [2.24, 2.45) is 0 Å². The van der Waals surface area contributed by atoms with E-state index in [2.05, 4.69) is 10.4 Å². The lowest BCUT2D eigenvalue weighted by molar-refractivity contribution is 0.102. The van der Waals surface area contributed by atoms with Crippen molar-refractivity contribution >= 4 is 32.5 Å². The average molecular weight is 483 g/mol. The minimum absolute atomic E-state index is 0.0528. The molecule has 1 atom stereocenters. The molecule has 1 N–H and O–H groups in total. The van der Waals surface area contributed by atoms with Crippen molar-refractivity contribution in [2.45, 2.75) is 19.4 Å². The van der Waals surface area contributed by atoms with Crippen molar-refractivity contribution in [3.8, 4) is 11.3 Å². The Morgan fingerprint density at radius 1 is 1.06 bits per heavy atom. The van der Waals surface area contributed by atoms with E-state index in [1.807, 2.05) is 0 Å². The maximum atomic E-state index is 13.5. The molecule has 0 spiro atoms. The Morgan fingerprint density at radius 2 is 1.71 bits per heavy atom. The average Bonchev–Trinajstić information content (AvgIpc) is 3.34. The molecule has 0 radical (unpaired) electrons. The highest BCUT2D eigenvalue weighted by atomic mass is 32.2. The highest BCUT2D eigenvalue weighted by Gasteiger charge is 2.32. The summed E-state index contributed by atoms with van der Waals surface area (Å²) >= 11 is 0. The van der Waals surface area contributed by atoms with Gasteiger partial charge in [-0.25, -0.2) is 26.9 Å². The van der Waals surface area contributed by atoms with Crippen molar-refractivity contribution in [3.05, 3.63) is 77.5 Å². The lowest BCUT2D eigenvalue weighted by Crippen LogP contribution is -2.15. The molecule has 34 heavy (non-hydrogen) atoms. The molecule has 3 heterocycles. The normalized spacial score (nSPS) is 17.2. The van der Waals surface area contributed by atoms with E-state index >= 15 is 0 Å². The highest BCUT2D eigenvalue weighted by molar-refractivity contribution is 7.91. The Balaban J connectivity index is 1.67. The Morgan fingerprint density at radius 3 is 2.32 bits per heavy atom. The zero-order valence-corrected chi connectivity index (χ0v) is 18.9. The Hall–Kier alpha value is -3.66. The van der Waals surface area contributed by atoms with Crippen LogP contribution in [0.15, 0.2) is 54.6 Å². The molecule has 0 bridgehead atoms. The van der Waals surface area contributed by atoms with E-state index in [0.29, 0.717) is 40.1 Å². The number of fused-ring (bicyclic) bond motifs is 1. The number of halogens is 2. The molecule has 0 saturated carbocycles. The summed E-state index contributed by atoms with van der Waals surface area (Å²) in [4.78, 5) is 18.0. The highest BCUT2D eigenvalue weighted by Crippen LogP contribution is 2.32. The van der Waals surface area contributed by atoms with E-state index < -0.39 is 33.4 Å². The fraction of sp³-hybridized carbons (Fsp3) is 0.208. The molecule has 7 nitrogen and oxygen atoms in total. The lowest BCUT2D eigenvalue weighted by Gasteiger charge is -2.12. The van der Waals surface area contributed by atoms with Crippen LogP contribution in [0.4, 0.5) is 14.5 Å². The van der Waals surface area contributed by atoms with Crippen LogP contribution in [0.25, 0.3) is 22.3 Å². The minimum Gasteiger partial charge on any atom is -0.322 e. The summed E-state index contributed by atoms with van der Waals surface area (Å²) in [6.45, 7) is 1.73. The Bertz CT molecular complexity index is 1510. The number of carbonyl (C=O) groups excluding carboxylic acids is 1. The third kappa shape index (κ3) is 4.16. The summed E-state index contributed by atoms with van der Waals surface area (Å²) in [6, 6.07) is 12.3. The number of nitrogens with zero attached hydrogens (tertiary/aromatic N) is 3. The van der Waals surface area contributed by atoms with Crippen LogP contribution in [0.5, 0.6) is 0 Å². The first-order chi connectivity index (χ1) is 16.2. The van der Waals surface area contributed by atoms with Gasteiger partial charge in [-0.3, -0.25) is 4.79 Å². The van der Waals surface area contributed by atoms with E-state index in [9.17, 15) is 22.0 Å². The predicted octanol–water partition coefficient (Wildman–Crippen LogP) is 4.30. The summed E-state index contributed by atoms with van der Waals surface area (Å²) in [7, 11) is -3.18. The van der Waals surface area contributed by atoms with Crippen molar-refractivity contribution in [1.82, 2.24) is 14.8 Å². The van der Waals surface area contributed by atoms with Gasteiger partial charge in [0.15, 0.2) is 15.5 Å². The number of aryl methyl sites for hydroxylation is 1. The molecule has 2 aromatic heterocycles. The van der Waals surface area contributed by atoms with E-state index in [1.54, 1.807) is 29.8 Å². The molecule has 0 aliphatic carbocycles. The number of aromatic nitrogens is 3. The van der Waals surface area contributed by atoms with Crippen LogP contribution in [-0.4, -0.2) is 40.6 Å². The topological polar surface area (TPSA) is 93.9 Å². The van der Waals surface area contributed by atoms with Gasteiger partial charge in [-0.1, -0.05) is 0 Å². The number of hydrogen-bond acceptors (Lipinski definition) is 5. The van der Waals surface area contributed by atoms with E-state index in [0.717, 1.165) is 0 Å². The van der Waals surface area contributed by atoms with Gasteiger partial charge in [-0.2, -0.15) is 5.10 Å². The van der Waals surface area contributed by atoms with E-state index in [4.69, 9.17) is 4.98 Å². The predicted molar refractivity (Wildman–Crippen MR) is 124 cm³/mol. The number of pyridine rings is 1. The largest absolute Gasteiger partial charge is 0.322 e. The van der Waals surface area contributed by atoms with Gasteiger partial charge in [0.1, 0.15) is 11.6 Å². The van der Waals surface area contributed by atoms with Crippen LogP contribution in [0.3, 0.4) is 0 Å². The SMILES string of the molecule is Cc1nn(C2CCS(=O)(=O)C2)c2nc(-c3ccc(F)cc3)cc(C(=O)Nc3ccc(F)cc3)c12. The van der Waals surface area contributed by atoms with Crippen LogP contribution in [0.1, 0.15) is 28.5 Å². The molecule has 1 aliphatic heterocycles. The maximum absolute atomic E-state index is 13.5. The lowest BCUT2D eigenvalue weighted by atomic mass is 10.0. The zero-order chi connectivity index (χ0) is 24.0. The second kappa shape index (κ2) is 8.28. The second-order valence-electron chi connectivity index (χ2n) is 8.31. The number of amides is 1. The fourth-order valence-electron chi connectivity index (χ4n) is 4.22. The van der Waals surface area contributed by atoms with Gasteiger partial charge >= 0.3 is 0 Å². The van der Waals surface area contributed by atoms with Crippen molar-refractivity contribution < 1.29 is 22.0 Å². The fourth-order valence-corrected chi connectivity index (χ4v) is 5.91. The molecule has 10 heteroatoms. The molecular formula is C24H20F2N4O3S. The van der Waals surface area contributed by atoms with Crippen LogP contribution >= 0.6 is 0 Å². The van der Waals surface area contributed by atoms with Crippen molar-refractivity contribution in [1.29, 1.82) is 0 Å². The molecule has 1 unspecified atom stereocenters. The number of hydrogen-bond donors (Lipinski definition) is 1. The molecule has 174 valence electrons. The minimum atomic E-state index is -3.18.